The molecule has 0 aliphatic carbocycles. The highest BCUT2D eigenvalue weighted by Crippen LogP contribution is 2.08. The van der Waals surface area contributed by atoms with Gasteiger partial charge in [0.25, 0.3) is 0 Å². The molecule has 4 heteroatoms. The van der Waals surface area contributed by atoms with Gasteiger partial charge in [0.1, 0.15) is 13.4 Å². The molecule has 0 aliphatic heterocycles. The zero-order chi connectivity index (χ0) is 16.3. The van der Waals surface area contributed by atoms with Crippen molar-refractivity contribution >= 4 is 12.0 Å². The number of aldehydes is 1. The van der Waals surface area contributed by atoms with Gasteiger partial charge in [-0.25, -0.2) is 0 Å². The topological polar surface area (TPSA) is 50.7 Å². The van der Waals surface area contributed by atoms with Gasteiger partial charge in [-0.2, -0.15) is 0 Å². The Morgan fingerprint density at radius 2 is 1.86 bits per heavy atom. The van der Waals surface area contributed by atoms with E-state index in [1.807, 2.05) is 58.9 Å². The molecule has 1 unspecified atom stereocenters. The largest absolute Gasteiger partial charge is 0.399 e. The van der Waals surface area contributed by atoms with Crippen LogP contribution in [0.3, 0.4) is 0 Å². The first-order valence-corrected chi connectivity index (χ1v) is 7.45. The van der Waals surface area contributed by atoms with Crippen LogP contribution in [0.4, 0.5) is 0 Å². The van der Waals surface area contributed by atoms with Crippen molar-refractivity contribution < 1.29 is 9.63 Å². The summed E-state index contributed by atoms with van der Waals surface area (Å²) < 4.78 is 0. The normalized spacial score (nSPS) is 12.4. The maximum Gasteiger partial charge on any atom is 0.137 e. The van der Waals surface area contributed by atoms with E-state index >= 15 is 0 Å². The zero-order valence-corrected chi connectivity index (χ0v) is 14.0. The molecule has 21 heavy (non-hydrogen) atoms. The number of hydrogen-bond donors (Lipinski definition) is 1. The third-order valence-electron chi connectivity index (χ3n) is 2.77. The Bertz CT molecular complexity index is 425. The van der Waals surface area contributed by atoms with E-state index in [-0.39, 0.29) is 6.04 Å². The van der Waals surface area contributed by atoms with Crippen LogP contribution < -0.4 is 5.32 Å². The molecule has 0 fully saturated rings. The average molecular weight is 292 g/mol. The first kappa shape index (κ1) is 19.3. The Morgan fingerprint density at radius 1 is 1.29 bits per heavy atom. The molecule has 0 saturated heterocycles. The number of hydrogen-bond acceptors (Lipinski definition) is 4. The van der Waals surface area contributed by atoms with E-state index in [2.05, 4.69) is 10.5 Å². The second kappa shape index (κ2) is 11.0. The van der Waals surface area contributed by atoms with Gasteiger partial charge in [-0.1, -0.05) is 57.1 Å². The molecule has 1 rings (SSSR count). The van der Waals surface area contributed by atoms with E-state index in [1.54, 1.807) is 0 Å². The van der Waals surface area contributed by atoms with Crippen LogP contribution in [0.25, 0.3) is 0 Å². The molecule has 0 amide bonds. The fourth-order valence-electron chi connectivity index (χ4n) is 1.90. The minimum Gasteiger partial charge on any atom is -0.399 e. The standard InChI is InChI=1S/C15H22N2O2.C2H6/c1-11(2)16-15(10-18)9-13-5-7-14(8-6-13)12(3)17-19-4;1-2/h5-8,10-11,15-16H,9H2,1-4H3;1-2H3/b17-12-;. The SMILES string of the molecule is CC.CO/N=C(/C)c1ccc(CC(C=O)NC(C)C)cc1. The van der Waals surface area contributed by atoms with Crippen LogP contribution in [0.1, 0.15) is 45.7 Å². The smallest absolute Gasteiger partial charge is 0.137 e. The van der Waals surface area contributed by atoms with Gasteiger partial charge in [-0.3, -0.25) is 0 Å². The van der Waals surface area contributed by atoms with E-state index < -0.39 is 0 Å². The van der Waals surface area contributed by atoms with Crippen molar-refractivity contribution in [3.05, 3.63) is 35.4 Å². The van der Waals surface area contributed by atoms with Crippen LogP contribution in [-0.4, -0.2) is 31.2 Å². The maximum absolute atomic E-state index is 11.0. The molecule has 0 radical (unpaired) electrons. The number of oxime groups is 1. The molecular weight excluding hydrogens is 264 g/mol. The van der Waals surface area contributed by atoms with Crippen LogP contribution in [0.5, 0.6) is 0 Å². The molecular formula is C17H28N2O2. The molecule has 0 aliphatic rings. The fraction of sp³-hybridized carbons (Fsp3) is 0.529. The summed E-state index contributed by atoms with van der Waals surface area (Å²) in [6.07, 6.45) is 1.66. The number of nitrogens with zero attached hydrogens (tertiary/aromatic N) is 1. The quantitative estimate of drug-likeness (QED) is 0.477. The second-order valence-electron chi connectivity index (χ2n) is 4.82. The van der Waals surface area contributed by atoms with Crippen molar-refractivity contribution in [2.75, 3.05) is 7.11 Å². The van der Waals surface area contributed by atoms with Crippen molar-refractivity contribution in [2.24, 2.45) is 5.16 Å². The molecule has 118 valence electrons. The summed E-state index contributed by atoms with van der Waals surface area (Å²) in [6.45, 7) is 9.96. The molecule has 4 nitrogen and oxygen atoms in total. The summed E-state index contributed by atoms with van der Waals surface area (Å²) in [5, 5.41) is 7.11. The molecule has 1 aromatic carbocycles. The van der Waals surface area contributed by atoms with E-state index in [0.717, 1.165) is 23.1 Å². The zero-order valence-electron chi connectivity index (χ0n) is 14.0. The minimum absolute atomic E-state index is 0.139. The molecule has 0 aromatic heterocycles. The van der Waals surface area contributed by atoms with Gasteiger partial charge in [0, 0.05) is 6.04 Å². The number of rotatable bonds is 7. The Kier molecular flexibility index (Phi) is 10.1. The van der Waals surface area contributed by atoms with Crippen LogP contribution >= 0.6 is 0 Å². The first-order chi connectivity index (χ1) is 10.1. The molecule has 0 spiro atoms. The van der Waals surface area contributed by atoms with Gasteiger partial charge in [-0.15, -0.1) is 0 Å². The highest BCUT2D eigenvalue weighted by molar-refractivity contribution is 5.98. The third kappa shape index (κ3) is 7.61. The fourth-order valence-corrected chi connectivity index (χ4v) is 1.90. The van der Waals surface area contributed by atoms with Crippen molar-refractivity contribution in [1.29, 1.82) is 0 Å². The Balaban J connectivity index is 0.00000191. The molecule has 0 saturated carbocycles. The Morgan fingerprint density at radius 3 is 2.29 bits per heavy atom. The molecule has 0 heterocycles. The lowest BCUT2D eigenvalue weighted by Crippen LogP contribution is -2.37. The van der Waals surface area contributed by atoms with Crippen LogP contribution in [-0.2, 0) is 16.1 Å². The number of benzene rings is 1. The van der Waals surface area contributed by atoms with E-state index in [1.165, 1.54) is 7.11 Å². The molecule has 0 bridgehead atoms. The van der Waals surface area contributed by atoms with Gasteiger partial charge >= 0.3 is 0 Å². The van der Waals surface area contributed by atoms with Crippen LogP contribution in [0, 0.1) is 0 Å². The third-order valence-corrected chi connectivity index (χ3v) is 2.77. The van der Waals surface area contributed by atoms with Gasteiger partial charge in [0.15, 0.2) is 0 Å². The summed E-state index contributed by atoms with van der Waals surface area (Å²) >= 11 is 0. The predicted octanol–water partition coefficient (Wildman–Crippen LogP) is 3.19. The van der Waals surface area contributed by atoms with Crippen LogP contribution in [0.15, 0.2) is 29.4 Å². The van der Waals surface area contributed by atoms with Crippen molar-refractivity contribution in [3.8, 4) is 0 Å². The summed E-state index contributed by atoms with van der Waals surface area (Å²) in [5.41, 5.74) is 2.98. The number of carbonyl (C=O) groups is 1. The van der Waals surface area contributed by atoms with Gasteiger partial charge in [0.2, 0.25) is 0 Å². The molecule has 1 N–H and O–H groups in total. The summed E-state index contributed by atoms with van der Waals surface area (Å²) in [6, 6.07) is 8.17. The van der Waals surface area contributed by atoms with Crippen LogP contribution in [0.2, 0.25) is 0 Å². The number of carbonyl (C=O) groups excluding carboxylic acids is 1. The van der Waals surface area contributed by atoms with Gasteiger partial charge in [0.05, 0.1) is 11.8 Å². The Hall–Kier alpha value is -1.68. The van der Waals surface area contributed by atoms with Gasteiger partial charge < -0.3 is 14.9 Å². The lowest BCUT2D eigenvalue weighted by Gasteiger charge is -2.15. The second-order valence-corrected chi connectivity index (χ2v) is 4.82. The number of nitrogens with one attached hydrogen (secondary N) is 1. The Labute approximate surface area is 128 Å². The van der Waals surface area contributed by atoms with Crippen molar-refractivity contribution in [1.82, 2.24) is 5.32 Å². The average Bonchev–Trinajstić information content (AvgIpc) is 2.49. The van der Waals surface area contributed by atoms with E-state index in [0.29, 0.717) is 12.5 Å². The van der Waals surface area contributed by atoms with Crippen molar-refractivity contribution in [3.63, 3.8) is 0 Å². The minimum atomic E-state index is -0.139. The highest BCUT2D eigenvalue weighted by Gasteiger charge is 2.09. The van der Waals surface area contributed by atoms with Crippen molar-refractivity contribution in [2.45, 2.75) is 53.1 Å². The lowest BCUT2D eigenvalue weighted by atomic mass is 10.0. The van der Waals surface area contributed by atoms with E-state index in [4.69, 9.17) is 4.84 Å². The molecule has 1 atom stereocenters. The van der Waals surface area contributed by atoms with Gasteiger partial charge in [-0.05, 0) is 24.5 Å². The lowest BCUT2D eigenvalue weighted by molar-refractivity contribution is -0.109. The summed E-state index contributed by atoms with van der Waals surface area (Å²) in [5.74, 6) is 0. The monoisotopic (exact) mass is 292 g/mol. The molecule has 1 aromatic rings. The van der Waals surface area contributed by atoms with E-state index in [9.17, 15) is 4.79 Å². The maximum atomic E-state index is 11.0. The first-order valence-electron chi connectivity index (χ1n) is 7.45. The summed E-state index contributed by atoms with van der Waals surface area (Å²) in [7, 11) is 1.53. The summed E-state index contributed by atoms with van der Waals surface area (Å²) in [4.78, 5) is 15.8. The highest BCUT2D eigenvalue weighted by atomic mass is 16.6. The predicted molar refractivity (Wildman–Crippen MR) is 88.8 cm³/mol.